The van der Waals surface area contributed by atoms with E-state index in [4.69, 9.17) is 29.0 Å². The van der Waals surface area contributed by atoms with E-state index in [0.717, 1.165) is 83.4 Å². The number of carboxylic acid groups (broad SMARTS) is 1. The molecule has 3 aromatic heterocycles. The Kier molecular flexibility index (Phi) is 20.2. The number of para-hydroxylation sites is 2. The summed E-state index contributed by atoms with van der Waals surface area (Å²) >= 11 is 1.41. The molecule has 4 saturated carbocycles. The molecule has 6 aromatic rings. The average molecular weight is 1340 g/mol. The molecule has 95 heavy (non-hydrogen) atoms. The van der Waals surface area contributed by atoms with Crippen LogP contribution in [-0.4, -0.2) is 166 Å². The number of hydrogen-bond donors (Lipinski definition) is 5. The molecule has 7 amide bonds. The van der Waals surface area contributed by atoms with Crippen LogP contribution in [0.1, 0.15) is 112 Å². The van der Waals surface area contributed by atoms with Gasteiger partial charge in [0.1, 0.15) is 30.8 Å². The van der Waals surface area contributed by atoms with Gasteiger partial charge in [0.25, 0.3) is 21.9 Å². The lowest BCUT2D eigenvalue weighted by molar-refractivity contribution is -0.248. The quantitative estimate of drug-likeness (QED) is 0.0166. The Bertz CT molecular complexity index is 4010. The minimum Gasteiger partial charge on any atom is -0.491 e. The van der Waals surface area contributed by atoms with E-state index in [2.05, 4.69) is 34.8 Å². The van der Waals surface area contributed by atoms with Crippen molar-refractivity contribution in [3.63, 3.8) is 0 Å². The number of pyridine rings is 1. The minimum absolute atomic E-state index is 0.00695. The standard InChI is InChI=1S/C68H80N10O15S2/c1-44-49(48-21-22-50(72-59(48)61(83)84)46-20-19-45-14-12-27-76(53(45)33-46)63(85)74-62-73-51-15-8-10-17-55(51)94-62)34-70-78(44)43-67-38-65(2)37-66(3,39-67)41-68(40-65,42-67)93-30-28-75(4)64(86)92-35-47-13-7-9-16-54(47)91-32-31-90-29-25-69-60(82)52(36-95(87,88)89)71-56(79)18-6-5-11-26-77-57(80)23-24-58(77)81/h7-10,13,15-17,19-24,33-34,52H,5-6,11-12,14,18,25-32,35-43H2,1-4H3,(H,69,82)(H,71,79)(H,83,84)(H,73,74,85)(H,87,88,89)/t52-,65?,66?,67?,68?/m0/s1. The number of carbonyl (C=O) groups is 7. The zero-order chi connectivity index (χ0) is 67.3. The highest BCUT2D eigenvalue weighted by Gasteiger charge is 2.66. The first kappa shape index (κ1) is 67.8. The maximum atomic E-state index is 13.8. The largest absolute Gasteiger partial charge is 0.491 e. The lowest BCUT2D eigenvalue weighted by Crippen LogP contribution is -2.64. The van der Waals surface area contributed by atoms with Crippen LogP contribution in [-0.2, 0) is 63.1 Å². The Morgan fingerprint density at radius 2 is 1.60 bits per heavy atom. The summed E-state index contributed by atoms with van der Waals surface area (Å²) in [4.78, 5) is 103. The first-order valence-corrected chi connectivity index (χ1v) is 34.5. The Balaban J connectivity index is 0.638. The third-order valence-corrected chi connectivity index (χ3v) is 20.3. The summed E-state index contributed by atoms with van der Waals surface area (Å²) in [6, 6.07) is 22.4. The highest BCUT2D eigenvalue weighted by Crippen LogP contribution is 2.72. The van der Waals surface area contributed by atoms with Gasteiger partial charge in [-0.15, -0.1) is 0 Å². The third kappa shape index (κ3) is 16.2. The summed E-state index contributed by atoms with van der Waals surface area (Å²) in [7, 11) is -2.98. The van der Waals surface area contributed by atoms with Crippen molar-refractivity contribution < 1.29 is 70.6 Å². The van der Waals surface area contributed by atoms with Gasteiger partial charge in [0.15, 0.2) is 10.8 Å². The molecule has 5 N–H and O–H groups in total. The van der Waals surface area contributed by atoms with E-state index in [1.807, 2.05) is 60.1 Å². The monoisotopic (exact) mass is 1340 g/mol. The minimum atomic E-state index is -4.65. The van der Waals surface area contributed by atoms with Crippen molar-refractivity contribution in [2.24, 2.45) is 16.2 Å². The number of carbonyl (C=O) groups excluding carboxylic acids is 6. The highest BCUT2D eigenvalue weighted by atomic mass is 32.2. The van der Waals surface area contributed by atoms with Crippen LogP contribution >= 0.6 is 11.3 Å². The van der Waals surface area contributed by atoms with Gasteiger partial charge < -0.3 is 39.6 Å². The second-order valence-corrected chi connectivity index (χ2v) is 29.1. The number of nitrogens with zero attached hydrogens (tertiary/aromatic N) is 7. The summed E-state index contributed by atoms with van der Waals surface area (Å²) in [6.45, 7) is 8.70. The van der Waals surface area contributed by atoms with E-state index in [0.29, 0.717) is 77.8 Å². The molecule has 0 radical (unpaired) electrons. The number of likely N-dealkylation sites (N-methyl/N-ethyl adjacent to an activating group) is 1. The molecule has 12 rings (SSSR count). The van der Waals surface area contributed by atoms with Crippen molar-refractivity contribution in [1.29, 1.82) is 0 Å². The number of unbranched alkanes of at least 4 members (excludes halogenated alkanes) is 2. The molecule has 2 aliphatic heterocycles. The van der Waals surface area contributed by atoms with E-state index in [9.17, 15) is 51.6 Å². The zero-order valence-corrected chi connectivity index (χ0v) is 55.4. The lowest BCUT2D eigenvalue weighted by Gasteiger charge is -2.69. The number of carboxylic acids is 1. The number of fused-ring (bicyclic) bond motifs is 2. The third-order valence-electron chi connectivity index (χ3n) is 18.6. The fraction of sp³-hybridized carbons (Fsp3) is 0.471. The number of rotatable bonds is 29. The molecular formula is C68H80N10O15S2. The molecule has 25 nitrogen and oxygen atoms in total. The van der Waals surface area contributed by atoms with Crippen molar-refractivity contribution in [3.8, 4) is 28.1 Å². The number of aryl methyl sites for hydroxylation is 1. The van der Waals surface area contributed by atoms with Crippen molar-refractivity contribution >= 4 is 84.2 Å². The summed E-state index contributed by atoms with van der Waals surface area (Å²) in [6.07, 6.45) is 12.1. The van der Waals surface area contributed by atoms with Gasteiger partial charge in [-0.2, -0.15) is 13.5 Å². The molecule has 5 heterocycles. The second-order valence-electron chi connectivity index (χ2n) is 26.6. The summed E-state index contributed by atoms with van der Waals surface area (Å²) in [5, 5.41) is 24.0. The Labute approximate surface area is 554 Å². The number of anilines is 2. The maximum absolute atomic E-state index is 13.8. The maximum Gasteiger partial charge on any atom is 0.409 e. The van der Waals surface area contributed by atoms with Crippen LogP contribution in [0.4, 0.5) is 20.4 Å². The number of urea groups is 1. The van der Waals surface area contributed by atoms with Crippen molar-refractivity contribution in [2.75, 3.05) is 75.6 Å². The molecule has 6 aliphatic rings. The highest BCUT2D eigenvalue weighted by molar-refractivity contribution is 7.85. The van der Waals surface area contributed by atoms with Crippen molar-refractivity contribution in [2.45, 2.75) is 123 Å². The van der Waals surface area contributed by atoms with Gasteiger partial charge in [-0.05, 0) is 129 Å². The van der Waals surface area contributed by atoms with Crippen LogP contribution in [0.3, 0.4) is 0 Å². The molecule has 4 bridgehead atoms. The van der Waals surface area contributed by atoms with Crippen LogP contribution < -0.4 is 25.6 Å². The van der Waals surface area contributed by atoms with Crippen LogP contribution in [0.2, 0.25) is 0 Å². The predicted octanol–water partition coefficient (Wildman–Crippen LogP) is 8.99. The van der Waals surface area contributed by atoms with Gasteiger partial charge >= 0.3 is 18.1 Å². The van der Waals surface area contributed by atoms with E-state index < -0.39 is 63.2 Å². The molecule has 4 aliphatic carbocycles. The van der Waals surface area contributed by atoms with Gasteiger partial charge in [0, 0.05) is 92.0 Å². The van der Waals surface area contributed by atoms with Gasteiger partial charge in [-0.25, -0.2) is 24.4 Å². The van der Waals surface area contributed by atoms with E-state index in [-0.39, 0.29) is 80.5 Å². The number of amides is 7. The first-order valence-electron chi connectivity index (χ1n) is 32.1. The van der Waals surface area contributed by atoms with E-state index in [1.54, 1.807) is 48.5 Å². The molecule has 0 saturated heterocycles. The molecule has 3 atom stereocenters. The SMILES string of the molecule is Cc1c(-c2ccc(-c3ccc4c(c3)N(C(=O)Nc3nc5ccccc5s3)CCC4)nc2C(=O)O)cnn1CC12CC3(C)CC(C)(C1)CC(OCCN(C)C(=O)OCc1ccccc1OCCOCCNC(=O)[C@H](CS(=O)(=O)O)NC(=O)CCCCCN1C(=O)C=CC1=O)(C3)C2. The normalized spacial score (nSPS) is 21.4. The van der Waals surface area contributed by atoms with Gasteiger partial charge in [-0.1, -0.05) is 74.1 Å². The number of thiazole rings is 1. The topological polar surface area (TPSA) is 320 Å². The number of imide groups is 1. The van der Waals surface area contributed by atoms with Crippen molar-refractivity contribution in [3.05, 3.63) is 120 Å². The van der Waals surface area contributed by atoms with E-state index in [1.165, 1.54) is 28.4 Å². The smallest absolute Gasteiger partial charge is 0.409 e. The molecule has 0 spiro atoms. The average Bonchev–Trinajstić information content (AvgIpc) is 1.18. The van der Waals surface area contributed by atoms with Crippen LogP contribution in [0.25, 0.3) is 32.6 Å². The Morgan fingerprint density at radius 1 is 0.842 bits per heavy atom. The Hall–Kier alpha value is -8.63. The van der Waals surface area contributed by atoms with Gasteiger partial charge in [0.2, 0.25) is 11.8 Å². The number of aromatic nitrogens is 4. The first-order chi connectivity index (χ1) is 45.4. The number of hydrogen-bond acceptors (Lipinski definition) is 17. The fourth-order valence-corrected chi connectivity index (χ4v) is 17.1. The van der Waals surface area contributed by atoms with Crippen LogP contribution in [0, 0.1) is 23.2 Å². The zero-order valence-electron chi connectivity index (χ0n) is 53.7. The van der Waals surface area contributed by atoms with Crippen LogP contribution in [0.5, 0.6) is 5.75 Å². The predicted molar refractivity (Wildman–Crippen MR) is 353 cm³/mol. The number of ether oxygens (including phenoxy) is 4. The number of nitrogens with one attached hydrogen (secondary N) is 3. The van der Waals surface area contributed by atoms with Crippen molar-refractivity contribution in [1.82, 2.24) is 40.2 Å². The molecule has 3 aromatic carbocycles. The summed E-state index contributed by atoms with van der Waals surface area (Å²) < 4.78 is 60.2. The fourth-order valence-electron chi connectivity index (χ4n) is 15.6. The summed E-state index contributed by atoms with van der Waals surface area (Å²) in [5.41, 5.74) is 5.66. The number of benzene rings is 3. The summed E-state index contributed by atoms with van der Waals surface area (Å²) in [5.74, 6) is -3.99. The lowest BCUT2D eigenvalue weighted by atomic mass is 9.39. The molecular weight excluding hydrogens is 1260 g/mol. The Morgan fingerprint density at radius 3 is 2.36 bits per heavy atom. The van der Waals surface area contributed by atoms with E-state index >= 15 is 0 Å². The van der Waals surface area contributed by atoms with Crippen LogP contribution in [0.15, 0.2) is 97.2 Å². The number of aromatic carboxylic acids is 1. The molecule has 27 heteroatoms. The molecule has 2 unspecified atom stereocenters. The second kappa shape index (κ2) is 28.4. The van der Waals surface area contributed by atoms with Gasteiger partial charge in [-0.3, -0.25) is 43.5 Å². The van der Waals surface area contributed by atoms with Gasteiger partial charge in [0.05, 0.1) is 47.5 Å². The molecule has 4 fully saturated rings. The molecule has 504 valence electrons.